The summed E-state index contributed by atoms with van der Waals surface area (Å²) in [5.74, 6) is 0. The van der Waals surface area contributed by atoms with E-state index in [0.717, 1.165) is 26.2 Å². The minimum atomic E-state index is 1.06. The lowest BCUT2D eigenvalue weighted by Crippen LogP contribution is -2.40. The Balaban J connectivity index is 2.19. The molecule has 1 heterocycles. The lowest BCUT2D eigenvalue weighted by atomic mass is 10.4. The van der Waals surface area contributed by atoms with E-state index in [2.05, 4.69) is 23.9 Å². The van der Waals surface area contributed by atoms with Crippen molar-refractivity contribution in [1.82, 2.24) is 9.80 Å². The standard InChI is InChI=1S/C6H12N2/c1-7-3-5-8(2)6-4-7/h1-6H2/q-2. The van der Waals surface area contributed by atoms with Gasteiger partial charge < -0.3 is 9.80 Å². The van der Waals surface area contributed by atoms with Crippen LogP contribution < -0.4 is 0 Å². The second-order valence-electron chi connectivity index (χ2n) is 2.24. The van der Waals surface area contributed by atoms with Crippen LogP contribution in [0.2, 0.25) is 0 Å². The van der Waals surface area contributed by atoms with Crippen LogP contribution in [-0.2, 0) is 0 Å². The van der Waals surface area contributed by atoms with Gasteiger partial charge in [0.2, 0.25) is 0 Å². The average molecular weight is 112 g/mol. The van der Waals surface area contributed by atoms with Crippen LogP contribution in [0.15, 0.2) is 0 Å². The van der Waals surface area contributed by atoms with Crippen molar-refractivity contribution in [3.05, 3.63) is 14.1 Å². The summed E-state index contributed by atoms with van der Waals surface area (Å²) < 4.78 is 0. The van der Waals surface area contributed by atoms with Crippen LogP contribution in [0.5, 0.6) is 0 Å². The van der Waals surface area contributed by atoms with E-state index < -0.39 is 0 Å². The summed E-state index contributed by atoms with van der Waals surface area (Å²) in [5.41, 5.74) is 0. The Hall–Kier alpha value is -0.0800. The van der Waals surface area contributed by atoms with Gasteiger partial charge >= 0.3 is 0 Å². The second kappa shape index (κ2) is 2.46. The molecule has 0 aromatic heterocycles. The molecule has 0 spiro atoms. The van der Waals surface area contributed by atoms with Gasteiger partial charge in [-0.15, -0.1) is 0 Å². The molecule has 1 aliphatic heterocycles. The molecule has 0 amide bonds. The minimum Gasteiger partial charge on any atom is -0.457 e. The summed E-state index contributed by atoms with van der Waals surface area (Å²) in [6, 6.07) is 0. The first-order valence-electron chi connectivity index (χ1n) is 2.90. The van der Waals surface area contributed by atoms with Gasteiger partial charge in [0.25, 0.3) is 0 Å². The van der Waals surface area contributed by atoms with Crippen molar-refractivity contribution < 1.29 is 0 Å². The van der Waals surface area contributed by atoms with Crippen molar-refractivity contribution in [1.29, 1.82) is 0 Å². The second-order valence-corrected chi connectivity index (χ2v) is 2.24. The number of nitrogens with zero attached hydrogens (tertiary/aromatic N) is 2. The number of piperazine rings is 1. The first kappa shape index (κ1) is 6.05. The molecule has 48 valence electrons. The van der Waals surface area contributed by atoms with Crippen molar-refractivity contribution in [2.24, 2.45) is 0 Å². The van der Waals surface area contributed by atoms with Crippen LogP contribution in [0.1, 0.15) is 0 Å². The molecule has 2 nitrogen and oxygen atoms in total. The zero-order chi connectivity index (χ0) is 5.98. The number of hydrogen-bond acceptors (Lipinski definition) is 2. The normalized spacial score (nSPS) is 26.2. The highest BCUT2D eigenvalue weighted by atomic mass is 15.2. The van der Waals surface area contributed by atoms with Gasteiger partial charge in [0, 0.05) is 0 Å². The quantitative estimate of drug-likeness (QED) is 0.413. The molecule has 1 saturated heterocycles. The average Bonchev–Trinajstić information content (AvgIpc) is 1.77. The van der Waals surface area contributed by atoms with Gasteiger partial charge in [0.05, 0.1) is 0 Å². The fourth-order valence-electron chi connectivity index (χ4n) is 0.789. The molecule has 1 fully saturated rings. The van der Waals surface area contributed by atoms with Crippen LogP contribution in [0.4, 0.5) is 0 Å². The first-order chi connectivity index (χ1) is 3.79. The molecule has 0 unspecified atom stereocenters. The molecule has 0 aromatic carbocycles. The van der Waals surface area contributed by atoms with Gasteiger partial charge in [-0.25, -0.2) is 0 Å². The van der Waals surface area contributed by atoms with Crippen LogP contribution in [0, 0.1) is 14.1 Å². The predicted octanol–water partition coefficient (Wildman–Crippen LogP) is 0.187. The molecule has 1 aliphatic rings. The molecule has 0 saturated carbocycles. The summed E-state index contributed by atoms with van der Waals surface area (Å²) in [6.07, 6.45) is 0. The lowest BCUT2D eigenvalue weighted by Gasteiger charge is -2.39. The van der Waals surface area contributed by atoms with Gasteiger partial charge in [-0.3, -0.25) is 14.1 Å². The summed E-state index contributed by atoms with van der Waals surface area (Å²) in [5, 5.41) is 0. The first-order valence-corrected chi connectivity index (χ1v) is 2.90. The van der Waals surface area contributed by atoms with E-state index in [0.29, 0.717) is 0 Å². The smallest absolute Gasteiger partial charge is 0.0197 e. The van der Waals surface area contributed by atoms with E-state index in [-0.39, 0.29) is 0 Å². The maximum atomic E-state index is 3.81. The Morgan fingerprint density at radius 1 is 0.750 bits per heavy atom. The third kappa shape index (κ3) is 1.46. The highest BCUT2D eigenvalue weighted by molar-refractivity contribution is 4.69. The van der Waals surface area contributed by atoms with Crippen LogP contribution in [0.3, 0.4) is 0 Å². The van der Waals surface area contributed by atoms with E-state index in [4.69, 9.17) is 0 Å². The molecule has 0 bridgehead atoms. The molecule has 0 aliphatic carbocycles. The zero-order valence-corrected chi connectivity index (χ0v) is 5.14. The Labute approximate surface area is 51.1 Å². The molecule has 0 atom stereocenters. The summed E-state index contributed by atoms with van der Waals surface area (Å²) in [6.45, 7) is 4.24. The highest BCUT2D eigenvalue weighted by Gasteiger charge is 1.99. The van der Waals surface area contributed by atoms with Gasteiger partial charge in [-0.1, -0.05) is 0 Å². The fraction of sp³-hybridized carbons (Fsp3) is 0.667. The maximum Gasteiger partial charge on any atom is -0.0197 e. The molecule has 0 aromatic rings. The topological polar surface area (TPSA) is 6.48 Å². The molecular formula is C6H12N2-2. The predicted molar refractivity (Wildman–Crippen MR) is 33.9 cm³/mol. The zero-order valence-electron chi connectivity index (χ0n) is 5.14. The summed E-state index contributed by atoms with van der Waals surface area (Å²) in [4.78, 5) is 4.14. The number of hydrogen-bond donors (Lipinski definition) is 0. The summed E-state index contributed by atoms with van der Waals surface area (Å²) in [7, 11) is 7.62. The Bertz CT molecular complexity index is 54.9. The van der Waals surface area contributed by atoms with Crippen LogP contribution >= 0.6 is 0 Å². The van der Waals surface area contributed by atoms with Crippen molar-refractivity contribution in [2.45, 2.75) is 0 Å². The number of rotatable bonds is 0. The van der Waals surface area contributed by atoms with Crippen molar-refractivity contribution in [3.63, 3.8) is 0 Å². The molecule has 0 N–H and O–H groups in total. The van der Waals surface area contributed by atoms with E-state index in [1.54, 1.807) is 0 Å². The highest BCUT2D eigenvalue weighted by Crippen LogP contribution is 1.95. The Kier molecular flexibility index (Phi) is 1.86. The lowest BCUT2D eigenvalue weighted by molar-refractivity contribution is 0.213. The van der Waals surface area contributed by atoms with Crippen LogP contribution in [0.25, 0.3) is 0 Å². The fourth-order valence-corrected chi connectivity index (χ4v) is 0.789. The largest absolute Gasteiger partial charge is 0.457 e. The van der Waals surface area contributed by atoms with Crippen molar-refractivity contribution in [3.8, 4) is 0 Å². The van der Waals surface area contributed by atoms with E-state index in [1.807, 2.05) is 0 Å². The minimum absolute atomic E-state index is 1.06. The molecule has 0 radical (unpaired) electrons. The van der Waals surface area contributed by atoms with E-state index >= 15 is 0 Å². The maximum absolute atomic E-state index is 3.81. The van der Waals surface area contributed by atoms with Crippen molar-refractivity contribution in [2.75, 3.05) is 26.2 Å². The van der Waals surface area contributed by atoms with Gasteiger partial charge in [0.15, 0.2) is 0 Å². The summed E-state index contributed by atoms with van der Waals surface area (Å²) >= 11 is 0. The van der Waals surface area contributed by atoms with Crippen LogP contribution in [-0.4, -0.2) is 36.0 Å². The molecule has 1 rings (SSSR count). The molecular weight excluding hydrogens is 100 g/mol. The Morgan fingerprint density at radius 2 is 1.00 bits per heavy atom. The Morgan fingerprint density at radius 3 is 1.25 bits per heavy atom. The molecule has 2 heteroatoms. The third-order valence-electron chi connectivity index (χ3n) is 1.46. The van der Waals surface area contributed by atoms with E-state index in [1.165, 1.54) is 0 Å². The van der Waals surface area contributed by atoms with Gasteiger partial charge in [0.1, 0.15) is 0 Å². The van der Waals surface area contributed by atoms with Gasteiger partial charge in [-0.2, -0.15) is 0 Å². The third-order valence-corrected chi connectivity index (χ3v) is 1.46. The van der Waals surface area contributed by atoms with Crippen molar-refractivity contribution >= 4 is 0 Å². The SMILES string of the molecule is [CH2-]N1CCN([CH2-])CC1. The monoisotopic (exact) mass is 112 g/mol. The molecule has 8 heavy (non-hydrogen) atoms. The van der Waals surface area contributed by atoms with Gasteiger partial charge in [-0.05, 0) is 26.2 Å². The van der Waals surface area contributed by atoms with E-state index in [9.17, 15) is 0 Å².